The van der Waals surface area contributed by atoms with Crippen LogP contribution in [-0.2, 0) is 0 Å². The van der Waals surface area contributed by atoms with Crippen LogP contribution in [0.15, 0.2) is 65.4 Å². The molecule has 1 aromatic heterocycles. The van der Waals surface area contributed by atoms with Gasteiger partial charge in [0.1, 0.15) is 5.75 Å². The summed E-state index contributed by atoms with van der Waals surface area (Å²) in [5.41, 5.74) is 2.27. The molecule has 3 aromatic rings. The molecule has 0 bridgehead atoms. The molecule has 2 heterocycles. The summed E-state index contributed by atoms with van der Waals surface area (Å²) < 4.78 is 11.0. The number of anilines is 1. The van der Waals surface area contributed by atoms with Crippen molar-refractivity contribution in [1.29, 1.82) is 0 Å². The minimum Gasteiger partial charge on any atom is -0.495 e. The molecule has 6 heteroatoms. The van der Waals surface area contributed by atoms with Crippen molar-refractivity contribution in [2.75, 3.05) is 31.6 Å². The van der Waals surface area contributed by atoms with Gasteiger partial charge in [0.25, 0.3) is 5.91 Å². The molecule has 1 aliphatic rings. The molecule has 28 heavy (non-hydrogen) atoms. The van der Waals surface area contributed by atoms with E-state index in [4.69, 9.17) is 9.15 Å². The summed E-state index contributed by atoms with van der Waals surface area (Å²) in [5, 5.41) is 0. The summed E-state index contributed by atoms with van der Waals surface area (Å²) in [6.45, 7) is 4.13. The van der Waals surface area contributed by atoms with Gasteiger partial charge in [-0.2, -0.15) is 0 Å². The second kappa shape index (κ2) is 7.76. The fraction of sp³-hybridized carbons (Fsp3) is 0.273. The number of ether oxygens (including phenoxy) is 1. The first-order chi connectivity index (χ1) is 13.7. The molecule has 0 radical (unpaired) electrons. The summed E-state index contributed by atoms with van der Waals surface area (Å²) in [6, 6.07) is 17.6. The molecule has 0 aliphatic carbocycles. The van der Waals surface area contributed by atoms with Crippen molar-refractivity contribution < 1.29 is 13.9 Å². The number of carbonyl (C=O) groups excluding carboxylic acids is 1. The Bertz CT molecular complexity index is 954. The van der Waals surface area contributed by atoms with E-state index in [1.807, 2.05) is 59.5 Å². The van der Waals surface area contributed by atoms with Gasteiger partial charge in [-0.25, -0.2) is 4.98 Å². The minimum absolute atomic E-state index is 0.0338. The zero-order valence-corrected chi connectivity index (χ0v) is 16.0. The van der Waals surface area contributed by atoms with E-state index in [1.54, 1.807) is 7.11 Å². The SMILES string of the molecule is COc1ccccc1N1CCN(C(=O)c2ncoc2-c2ccccc2)[C@@H](C)C1. The fourth-order valence-corrected chi connectivity index (χ4v) is 3.70. The molecule has 6 nitrogen and oxygen atoms in total. The molecule has 1 fully saturated rings. The lowest BCUT2D eigenvalue weighted by atomic mass is 10.1. The van der Waals surface area contributed by atoms with Crippen molar-refractivity contribution in [1.82, 2.24) is 9.88 Å². The number of rotatable bonds is 4. The van der Waals surface area contributed by atoms with Gasteiger partial charge < -0.3 is 19.0 Å². The lowest BCUT2D eigenvalue weighted by Crippen LogP contribution is -2.54. The van der Waals surface area contributed by atoms with Gasteiger partial charge in [-0.1, -0.05) is 42.5 Å². The molecule has 2 aromatic carbocycles. The first-order valence-electron chi connectivity index (χ1n) is 9.37. The van der Waals surface area contributed by atoms with Crippen LogP contribution < -0.4 is 9.64 Å². The number of benzene rings is 2. The topological polar surface area (TPSA) is 58.8 Å². The van der Waals surface area contributed by atoms with Crippen LogP contribution in [0, 0.1) is 0 Å². The van der Waals surface area contributed by atoms with Gasteiger partial charge in [-0.05, 0) is 19.1 Å². The highest BCUT2D eigenvalue weighted by Gasteiger charge is 2.32. The smallest absolute Gasteiger partial charge is 0.276 e. The van der Waals surface area contributed by atoms with Crippen molar-refractivity contribution in [3.63, 3.8) is 0 Å². The molecule has 0 unspecified atom stereocenters. The van der Waals surface area contributed by atoms with Gasteiger partial charge >= 0.3 is 0 Å². The third kappa shape index (κ3) is 3.33. The van der Waals surface area contributed by atoms with Crippen LogP contribution in [0.4, 0.5) is 5.69 Å². The largest absolute Gasteiger partial charge is 0.495 e. The van der Waals surface area contributed by atoms with Crippen molar-refractivity contribution in [3.05, 3.63) is 66.7 Å². The predicted octanol–water partition coefficient (Wildman–Crippen LogP) is 3.70. The molecular weight excluding hydrogens is 354 g/mol. The van der Waals surface area contributed by atoms with Crippen LogP contribution >= 0.6 is 0 Å². The summed E-state index contributed by atoms with van der Waals surface area (Å²) >= 11 is 0. The quantitative estimate of drug-likeness (QED) is 0.694. The van der Waals surface area contributed by atoms with Crippen LogP contribution in [-0.4, -0.2) is 48.6 Å². The molecule has 1 saturated heterocycles. The van der Waals surface area contributed by atoms with Crippen LogP contribution in [0.5, 0.6) is 5.75 Å². The van der Waals surface area contributed by atoms with E-state index in [0.29, 0.717) is 18.0 Å². The molecule has 1 amide bonds. The van der Waals surface area contributed by atoms with Crippen molar-refractivity contribution in [2.45, 2.75) is 13.0 Å². The Morgan fingerprint density at radius 3 is 2.61 bits per heavy atom. The number of carbonyl (C=O) groups is 1. The maximum Gasteiger partial charge on any atom is 0.276 e. The summed E-state index contributed by atoms with van der Waals surface area (Å²) in [5.74, 6) is 1.27. The van der Waals surface area contributed by atoms with Gasteiger partial charge in [0.05, 0.1) is 12.8 Å². The van der Waals surface area contributed by atoms with Crippen LogP contribution in [0.1, 0.15) is 17.4 Å². The Hall–Kier alpha value is -3.28. The second-order valence-electron chi connectivity index (χ2n) is 6.86. The molecule has 1 aliphatic heterocycles. The minimum atomic E-state index is -0.0974. The maximum absolute atomic E-state index is 13.2. The maximum atomic E-state index is 13.2. The predicted molar refractivity (Wildman–Crippen MR) is 108 cm³/mol. The van der Waals surface area contributed by atoms with E-state index < -0.39 is 0 Å². The van der Waals surface area contributed by atoms with E-state index in [2.05, 4.69) is 16.8 Å². The second-order valence-corrected chi connectivity index (χ2v) is 6.86. The van der Waals surface area contributed by atoms with E-state index >= 15 is 0 Å². The standard InChI is InChI=1S/C22H23N3O3/c1-16-14-24(18-10-6-7-11-19(18)27-2)12-13-25(16)22(26)20-21(28-15-23-20)17-8-4-3-5-9-17/h3-11,15-16H,12-14H2,1-2H3/t16-/m0/s1. The van der Waals surface area contributed by atoms with E-state index in [-0.39, 0.29) is 11.9 Å². The number of oxazole rings is 1. The third-order valence-corrected chi connectivity index (χ3v) is 5.12. The Morgan fingerprint density at radius 2 is 1.86 bits per heavy atom. The number of aromatic nitrogens is 1. The van der Waals surface area contributed by atoms with Crippen LogP contribution in [0.2, 0.25) is 0 Å². The number of piperazine rings is 1. The van der Waals surface area contributed by atoms with Crippen molar-refractivity contribution in [3.8, 4) is 17.1 Å². The zero-order chi connectivity index (χ0) is 19.5. The van der Waals surface area contributed by atoms with Gasteiger partial charge in [-0.3, -0.25) is 4.79 Å². The third-order valence-electron chi connectivity index (χ3n) is 5.12. The highest BCUT2D eigenvalue weighted by molar-refractivity contribution is 5.98. The molecular formula is C22H23N3O3. The van der Waals surface area contributed by atoms with E-state index in [0.717, 1.165) is 30.1 Å². The molecule has 0 N–H and O–H groups in total. The number of amides is 1. The van der Waals surface area contributed by atoms with Gasteiger partial charge in [0.2, 0.25) is 0 Å². The number of nitrogens with zero attached hydrogens (tertiary/aromatic N) is 3. The lowest BCUT2D eigenvalue weighted by Gasteiger charge is -2.41. The van der Waals surface area contributed by atoms with E-state index in [1.165, 1.54) is 6.39 Å². The fourth-order valence-electron chi connectivity index (χ4n) is 3.70. The first kappa shape index (κ1) is 18.1. The van der Waals surface area contributed by atoms with Gasteiger partial charge in [0, 0.05) is 31.2 Å². The number of hydrogen-bond acceptors (Lipinski definition) is 5. The average molecular weight is 377 g/mol. The van der Waals surface area contributed by atoms with Crippen LogP contribution in [0.3, 0.4) is 0 Å². The molecule has 0 spiro atoms. The van der Waals surface area contributed by atoms with Gasteiger partial charge in [-0.15, -0.1) is 0 Å². The zero-order valence-electron chi connectivity index (χ0n) is 16.0. The van der Waals surface area contributed by atoms with Gasteiger partial charge in [0.15, 0.2) is 17.8 Å². The monoisotopic (exact) mass is 377 g/mol. The Kier molecular flexibility index (Phi) is 5.02. The Balaban J connectivity index is 1.53. The molecule has 1 atom stereocenters. The molecule has 4 rings (SSSR count). The number of hydrogen-bond donors (Lipinski definition) is 0. The first-order valence-corrected chi connectivity index (χ1v) is 9.37. The molecule has 144 valence electrons. The molecule has 0 saturated carbocycles. The average Bonchev–Trinajstić information content (AvgIpc) is 3.24. The Morgan fingerprint density at radius 1 is 1.11 bits per heavy atom. The number of methoxy groups -OCH3 is 1. The number of para-hydroxylation sites is 2. The highest BCUT2D eigenvalue weighted by Crippen LogP contribution is 2.30. The van der Waals surface area contributed by atoms with Crippen LogP contribution in [0.25, 0.3) is 11.3 Å². The van der Waals surface area contributed by atoms with Crippen molar-refractivity contribution in [2.24, 2.45) is 0 Å². The Labute approximate surface area is 164 Å². The normalized spacial score (nSPS) is 16.9. The van der Waals surface area contributed by atoms with E-state index in [9.17, 15) is 4.79 Å². The summed E-state index contributed by atoms with van der Waals surface area (Å²) in [6.07, 6.45) is 1.34. The summed E-state index contributed by atoms with van der Waals surface area (Å²) in [4.78, 5) is 21.5. The van der Waals surface area contributed by atoms with Crippen molar-refractivity contribution >= 4 is 11.6 Å². The lowest BCUT2D eigenvalue weighted by molar-refractivity contribution is 0.0669. The summed E-state index contributed by atoms with van der Waals surface area (Å²) in [7, 11) is 1.68. The highest BCUT2D eigenvalue weighted by atomic mass is 16.5.